The monoisotopic (exact) mass is 239 g/mol. The molecular weight excluding hydrogens is 222 g/mol. The van der Waals surface area contributed by atoms with Crippen molar-refractivity contribution >= 4 is 5.97 Å². The molecule has 1 atom stereocenters. The Kier molecular flexibility index (Phi) is 4.48. The summed E-state index contributed by atoms with van der Waals surface area (Å²) in [7, 11) is 3.72. The molecule has 0 spiro atoms. The number of nitrogens with zero attached hydrogens (tertiary/aromatic N) is 1. The lowest BCUT2D eigenvalue weighted by Gasteiger charge is -2.14. The molecule has 0 aliphatic heterocycles. The van der Waals surface area contributed by atoms with Crippen molar-refractivity contribution < 1.29 is 20.1 Å². The number of aliphatic carboxylic acids is 1. The van der Waals surface area contributed by atoms with Gasteiger partial charge in [0.15, 0.2) is 0 Å². The predicted octanol–water partition coefficient (Wildman–Crippen LogP) is 0.962. The van der Waals surface area contributed by atoms with E-state index < -0.39 is 12.1 Å². The van der Waals surface area contributed by atoms with Gasteiger partial charge in [0.25, 0.3) is 0 Å². The first kappa shape index (κ1) is 13.5. The zero-order valence-corrected chi connectivity index (χ0v) is 9.92. The first-order valence-electron chi connectivity index (χ1n) is 5.26. The number of phenols is 1. The van der Waals surface area contributed by atoms with Gasteiger partial charge in [-0.2, -0.15) is 0 Å². The second-order valence-electron chi connectivity index (χ2n) is 4.24. The van der Waals surface area contributed by atoms with Crippen molar-refractivity contribution in [2.45, 2.75) is 19.1 Å². The van der Waals surface area contributed by atoms with E-state index in [-0.39, 0.29) is 12.2 Å². The van der Waals surface area contributed by atoms with E-state index in [0.717, 1.165) is 0 Å². The maximum atomic E-state index is 10.5. The molecule has 0 bridgehead atoms. The Morgan fingerprint density at radius 3 is 2.59 bits per heavy atom. The molecule has 0 radical (unpaired) electrons. The summed E-state index contributed by atoms with van der Waals surface area (Å²) in [5.41, 5.74) is 1.17. The summed E-state index contributed by atoms with van der Waals surface area (Å²) in [6.07, 6.45) is -1.39. The van der Waals surface area contributed by atoms with Gasteiger partial charge in [0.1, 0.15) is 5.75 Å². The van der Waals surface area contributed by atoms with Crippen LogP contribution >= 0.6 is 0 Å². The van der Waals surface area contributed by atoms with Crippen LogP contribution in [0.1, 0.15) is 23.7 Å². The van der Waals surface area contributed by atoms with Gasteiger partial charge in [-0.05, 0) is 31.8 Å². The maximum absolute atomic E-state index is 10.5. The van der Waals surface area contributed by atoms with Gasteiger partial charge in [-0.15, -0.1) is 0 Å². The molecule has 0 fully saturated rings. The molecule has 1 aromatic carbocycles. The Morgan fingerprint density at radius 2 is 2.06 bits per heavy atom. The standard InChI is InChI=1S/C12H17NO4/c1-13(2)7-9-5-8(3-4-10(9)14)11(15)6-12(16)17/h3-5,11,14-15H,6-7H2,1-2H3,(H,16,17). The summed E-state index contributed by atoms with van der Waals surface area (Å²) < 4.78 is 0. The van der Waals surface area contributed by atoms with Crippen LogP contribution in [-0.2, 0) is 11.3 Å². The van der Waals surface area contributed by atoms with Crippen LogP contribution in [0.3, 0.4) is 0 Å². The molecule has 0 aliphatic rings. The van der Waals surface area contributed by atoms with E-state index in [2.05, 4.69) is 0 Å². The van der Waals surface area contributed by atoms with Crippen molar-refractivity contribution in [1.29, 1.82) is 0 Å². The number of carbonyl (C=O) groups is 1. The van der Waals surface area contributed by atoms with Crippen molar-refractivity contribution in [1.82, 2.24) is 4.90 Å². The van der Waals surface area contributed by atoms with Gasteiger partial charge < -0.3 is 20.2 Å². The van der Waals surface area contributed by atoms with Crippen molar-refractivity contribution in [3.8, 4) is 5.75 Å². The Hall–Kier alpha value is -1.59. The topological polar surface area (TPSA) is 81.0 Å². The van der Waals surface area contributed by atoms with E-state index in [0.29, 0.717) is 17.7 Å². The van der Waals surface area contributed by atoms with Gasteiger partial charge >= 0.3 is 5.97 Å². The number of benzene rings is 1. The normalized spacial score (nSPS) is 12.7. The highest BCUT2D eigenvalue weighted by Crippen LogP contribution is 2.24. The quantitative estimate of drug-likeness (QED) is 0.713. The minimum atomic E-state index is -1.06. The second kappa shape index (κ2) is 5.65. The van der Waals surface area contributed by atoms with Crippen LogP contribution in [0, 0.1) is 0 Å². The second-order valence-corrected chi connectivity index (χ2v) is 4.24. The van der Waals surface area contributed by atoms with Crippen molar-refractivity contribution in [2.75, 3.05) is 14.1 Å². The third-order valence-corrected chi connectivity index (χ3v) is 2.34. The lowest BCUT2D eigenvalue weighted by Crippen LogP contribution is -2.12. The minimum absolute atomic E-state index is 0.143. The van der Waals surface area contributed by atoms with E-state index in [1.54, 1.807) is 6.07 Å². The molecule has 3 N–H and O–H groups in total. The number of carboxylic acids is 1. The molecule has 1 rings (SSSR count). The van der Waals surface area contributed by atoms with Crippen LogP contribution in [0.5, 0.6) is 5.75 Å². The largest absolute Gasteiger partial charge is 0.508 e. The van der Waals surface area contributed by atoms with Gasteiger partial charge in [0, 0.05) is 12.1 Å². The average Bonchev–Trinajstić information content (AvgIpc) is 2.19. The van der Waals surface area contributed by atoms with E-state index in [1.807, 2.05) is 19.0 Å². The Morgan fingerprint density at radius 1 is 1.41 bits per heavy atom. The van der Waals surface area contributed by atoms with E-state index in [9.17, 15) is 15.0 Å². The lowest BCUT2D eigenvalue weighted by atomic mass is 10.0. The van der Waals surface area contributed by atoms with Gasteiger partial charge in [-0.25, -0.2) is 0 Å². The van der Waals surface area contributed by atoms with Crippen molar-refractivity contribution in [2.24, 2.45) is 0 Å². The maximum Gasteiger partial charge on any atom is 0.306 e. The van der Waals surface area contributed by atoms with Gasteiger partial charge in [0.2, 0.25) is 0 Å². The number of hydrogen-bond acceptors (Lipinski definition) is 4. The van der Waals surface area contributed by atoms with Crippen LogP contribution < -0.4 is 0 Å². The smallest absolute Gasteiger partial charge is 0.306 e. The van der Waals surface area contributed by atoms with E-state index in [4.69, 9.17) is 5.11 Å². The SMILES string of the molecule is CN(C)Cc1cc(C(O)CC(=O)O)ccc1O. The molecule has 0 aliphatic carbocycles. The fourth-order valence-corrected chi connectivity index (χ4v) is 1.56. The first-order chi connectivity index (χ1) is 7.90. The third kappa shape index (κ3) is 4.05. The van der Waals surface area contributed by atoms with E-state index in [1.165, 1.54) is 12.1 Å². The Labute approximate surface area is 99.9 Å². The predicted molar refractivity (Wildman–Crippen MR) is 62.7 cm³/mol. The molecular formula is C12H17NO4. The molecule has 5 nitrogen and oxygen atoms in total. The molecule has 94 valence electrons. The summed E-state index contributed by atoms with van der Waals surface area (Å²) >= 11 is 0. The molecule has 0 amide bonds. The van der Waals surface area contributed by atoms with Crippen LogP contribution in [-0.4, -0.2) is 40.3 Å². The highest BCUT2D eigenvalue weighted by molar-refractivity contribution is 5.67. The highest BCUT2D eigenvalue weighted by atomic mass is 16.4. The van der Waals surface area contributed by atoms with Gasteiger partial charge in [-0.1, -0.05) is 6.07 Å². The summed E-state index contributed by atoms with van der Waals surface area (Å²) in [5, 5.41) is 27.9. The molecule has 5 heteroatoms. The third-order valence-electron chi connectivity index (χ3n) is 2.34. The zero-order valence-electron chi connectivity index (χ0n) is 9.92. The minimum Gasteiger partial charge on any atom is -0.508 e. The van der Waals surface area contributed by atoms with E-state index >= 15 is 0 Å². The van der Waals surface area contributed by atoms with Crippen LogP contribution in [0.15, 0.2) is 18.2 Å². The number of aliphatic hydroxyl groups excluding tert-OH is 1. The summed E-state index contributed by atoms with van der Waals surface area (Å²) in [6.45, 7) is 0.527. The zero-order chi connectivity index (χ0) is 13.0. The molecule has 17 heavy (non-hydrogen) atoms. The molecule has 0 heterocycles. The van der Waals surface area contributed by atoms with Crippen molar-refractivity contribution in [3.63, 3.8) is 0 Å². The Bertz CT molecular complexity index is 403. The molecule has 1 aromatic rings. The fraction of sp³-hybridized carbons (Fsp3) is 0.417. The number of aliphatic hydroxyl groups is 1. The molecule has 0 aromatic heterocycles. The number of rotatable bonds is 5. The lowest BCUT2D eigenvalue weighted by molar-refractivity contribution is -0.139. The van der Waals surface area contributed by atoms with Crippen LogP contribution in [0.4, 0.5) is 0 Å². The summed E-state index contributed by atoms with van der Waals surface area (Å²) in [4.78, 5) is 12.4. The molecule has 1 unspecified atom stereocenters. The molecule has 0 saturated carbocycles. The highest BCUT2D eigenvalue weighted by Gasteiger charge is 2.14. The number of hydrogen-bond donors (Lipinski definition) is 3. The van der Waals surface area contributed by atoms with Gasteiger partial charge in [-0.3, -0.25) is 4.79 Å². The number of aromatic hydroxyl groups is 1. The first-order valence-corrected chi connectivity index (χ1v) is 5.26. The van der Waals surface area contributed by atoms with Crippen molar-refractivity contribution in [3.05, 3.63) is 29.3 Å². The number of carboxylic acid groups (broad SMARTS) is 1. The van der Waals surface area contributed by atoms with Crippen LogP contribution in [0.25, 0.3) is 0 Å². The fourth-order valence-electron chi connectivity index (χ4n) is 1.56. The van der Waals surface area contributed by atoms with Gasteiger partial charge in [0.05, 0.1) is 12.5 Å². The average molecular weight is 239 g/mol. The molecule has 0 saturated heterocycles. The Balaban J connectivity index is 2.91. The number of phenolic OH excluding ortho intramolecular Hbond substituents is 1. The summed E-state index contributed by atoms with van der Waals surface area (Å²) in [6, 6.07) is 4.63. The van der Waals surface area contributed by atoms with Crippen LogP contribution in [0.2, 0.25) is 0 Å². The summed E-state index contributed by atoms with van der Waals surface area (Å²) in [5.74, 6) is -0.912.